The monoisotopic (exact) mass is 201 g/mol. The van der Waals surface area contributed by atoms with Gasteiger partial charge in [0.2, 0.25) is 0 Å². The number of methoxy groups -OCH3 is 1. The molecule has 0 aliphatic rings. The molecule has 0 bridgehead atoms. The third-order valence-corrected chi connectivity index (χ3v) is 1.96. The summed E-state index contributed by atoms with van der Waals surface area (Å²) in [6.07, 6.45) is -1.01. The number of ether oxygens (including phenoxy) is 1. The van der Waals surface area contributed by atoms with Crippen molar-refractivity contribution < 1.29 is 13.5 Å². The topological polar surface area (TPSA) is 35.2 Å². The van der Waals surface area contributed by atoms with Gasteiger partial charge in [-0.2, -0.15) is 0 Å². The van der Waals surface area contributed by atoms with Crippen LogP contribution in [0, 0.1) is 5.82 Å². The lowest BCUT2D eigenvalue weighted by Crippen LogP contribution is -2.04. The van der Waals surface area contributed by atoms with Gasteiger partial charge in [0.1, 0.15) is 6.17 Å². The number of halogens is 2. The van der Waals surface area contributed by atoms with Crippen molar-refractivity contribution in [3.8, 4) is 5.75 Å². The van der Waals surface area contributed by atoms with Crippen LogP contribution in [0.1, 0.15) is 18.2 Å². The number of benzene rings is 1. The smallest absolute Gasteiger partial charge is 0.165 e. The Morgan fingerprint density at radius 3 is 2.71 bits per heavy atom. The number of alkyl halides is 1. The summed E-state index contributed by atoms with van der Waals surface area (Å²) in [4.78, 5) is 0. The van der Waals surface area contributed by atoms with E-state index in [0.717, 1.165) is 6.07 Å². The molecular weight excluding hydrogens is 188 g/mol. The molecule has 0 heterocycles. The van der Waals surface area contributed by atoms with Crippen LogP contribution in [0.3, 0.4) is 0 Å². The fraction of sp³-hybridized carbons (Fsp3) is 0.400. The summed E-state index contributed by atoms with van der Waals surface area (Å²) in [5, 5.41) is 0. The molecule has 1 unspecified atom stereocenters. The Balaban J connectivity index is 2.85. The molecule has 0 saturated heterocycles. The number of nitrogens with two attached hydrogens (primary N) is 1. The SMILES string of the molecule is COc1ccc(C(F)CCN)cc1F. The highest BCUT2D eigenvalue weighted by Gasteiger charge is 2.11. The highest BCUT2D eigenvalue weighted by molar-refractivity contribution is 5.30. The summed E-state index contributed by atoms with van der Waals surface area (Å²) in [6.45, 7) is 0.245. The summed E-state index contributed by atoms with van der Waals surface area (Å²) in [5.41, 5.74) is 5.50. The third kappa shape index (κ3) is 2.42. The van der Waals surface area contributed by atoms with Crippen LogP contribution in [-0.2, 0) is 0 Å². The molecule has 0 radical (unpaired) electrons. The van der Waals surface area contributed by atoms with Gasteiger partial charge in [-0.1, -0.05) is 6.07 Å². The van der Waals surface area contributed by atoms with Crippen LogP contribution < -0.4 is 10.5 Å². The Morgan fingerprint density at radius 2 is 2.21 bits per heavy atom. The molecule has 0 fully saturated rings. The van der Waals surface area contributed by atoms with Gasteiger partial charge >= 0.3 is 0 Å². The highest BCUT2D eigenvalue weighted by Crippen LogP contribution is 2.25. The van der Waals surface area contributed by atoms with E-state index in [1.54, 1.807) is 0 Å². The molecule has 0 aromatic heterocycles. The lowest BCUT2D eigenvalue weighted by Gasteiger charge is -2.08. The first-order valence-electron chi connectivity index (χ1n) is 4.36. The minimum Gasteiger partial charge on any atom is -0.494 e. The fourth-order valence-electron chi connectivity index (χ4n) is 1.19. The van der Waals surface area contributed by atoms with E-state index in [2.05, 4.69) is 0 Å². The van der Waals surface area contributed by atoms with E-state index in [4.69, 9.17) is 10.5 Å². The second-order valence-electron chi connectivity index (χ2n) is 2.94. The van der Waals surface area contributed by atoms with Crippen LogP contribution in [0.15, 0.2) is 18.2 Å². The van der Waals surface area contributed by atoms with Gasteiger partial charge in [-0.05, 0) is 30.7 Å². The Kier molecular flexibility index (Phi) is 3.83. The molecule has 2 nitrogen and oxygen atoms in total. The predicted octanol–water partition coefficient (Wildman–Crippen LogP) is 2.19. The van der Waals surface area contributed by atoms with Crippen LogP contribution in [0.2, 0.25) is 0 Å². The predicted molar refractivity (Wildman–Crippen MR) is 50.5 cm³/mol. The lowest BCUT2D eigenvalue weighted by atomic mass is 10.1. The Bertz CT molecular complexity index is 304. The first kappa shape index (κ1) is 10.9. The van der Waals surface area contributed by atoms with E-state index in [-0.39, 0.29) is 18.7 Å². The molecule has 1 aromatic carbocycles. The molecule has 0 aliphatic heterocycles. The van der Waals surface area contributed by atoms with Crippen LogP contribution in [-0.4, -0.2) is 13.7 Å². The largest absolute Gasteiger partial charge is 0.494 e. The molecule has 0 aliphatic carbocycles. The normalized spacial score (nSPS) is 12.6. The maximum absolute atomic E-state index is 13.3. The minimum absolute atomic E-state index is 0.119. The van der Waals surface area contributed by atoms with Crippen molar-refractivity contribution in [3.63, 3.8) is 0 Å². The summed E-state index contributed by atoms with van der Waals surface area (Å²) < 4.78 is 31.1. The van der Waals surface area contributed by atoms with Gasteiger partial charge in [-0.15, -0.1) is 0 Å². The molecule has 0 saturated carbocycles. The van der Waals surface area contributed by atoms with Crippen molar-refractivity contribution in [1.29, 1.82) is 0 Å². The molecule has 1 aromatic rings. The lowest BCUT2D eigenvalue weighted by molar-refractivity contribution is 0.324. The molecule has 1 atom stereocenters. The summed E-state index contributed by atoms with van der Waals surface area (Å²) >= 11 is 0. The molecule has 0 amide bonds. The van der Waals surface area contributed by atoms with Crippen molar-refractivity contribution in [3.05, 3.63) is 29.6 Å². The van der Waals surface area contributed by atoms with Gasteiger partial charge in [0.15, 0.2) is 11.6 Å². The molecular formula is C10H13F2NO. The van der Waals surface area contributed by atoms with Crippen molar-refractivity contribution in [2.24, 2.45) is 5.73 Å². The second kappa shape index (κ2) is 4.91. The van der Waals surface area contributed by atoms with E-state index < -0.39 is 12.0 Å². The number of rotatable bonds is 4. The Hall–Kier alpha value is -1.16. The zero-order valence-electron chi connectivity index (χ0n) is 7.97. The second-order valence-corrected chi connectivity index (χ2v) is 2.94. The number of hydrogen-bond acceptors (Lipinski definition) is 2. The average molecular weight is 201 g/mol. The first-order chi connectivity index (χ1) is 6.69. The van der Waals surface area contributed by atoms with E-state index in [9.17, 15) is 8.78 Å². The quantitative estimate of drug-likeness (QED) is 0.810. The van der Waals surface area contributed by atoms with Gasteiger partial charge < -0.3 is 10.5 Å². The average Bonchev–Trinajstić information content (AvgIpc) is 2.18. The maximum Gasteiger partial charge on any atom is 0.165 e. The zero-order valence-corrected chi connectivity index (χ0v) is 7.97. The maximum atomic E-state index is 13.3. The number of hydrogen-bond donors (Lipinski definition) is 1. The van der Waals surface area contributed by atoms with E-state index in [0.29, 0.717) is 5.56 Å². The van der Waals surface area contributed by atoms with Crippen molar-refractivity contribution >= 4 is 0 Å². The van der Waals surface area contributed by atoms with Gasteiger partial charge in [0.25, 0.3) is 0 Å². The Morgan fingerprint density at radius 1 is 1.50 bits per heavy atom. The molecule has 14 heavy (non-hydrogen) atoms. The zero-order chi connectivity index (χ0) is 10.6. The Labute approximate surface area is 81.7 Å². The van der Waals surface area contributed by atoms with Crippen molar-refractivity contribution in [2.75, 3.05) is 13.7 Å². The minimum atomic E-state index is -1.21. The highest BCUT2D eigenvalue weighted by atomic mass is 19.1. The van der Waals surface area contributed by atoms with Crippen LogP contribution in [0.5, 0.6) is 5.75 Å². The molecule has 0 spiro atoms. The van der Waals surface area contributed by atoms with E-state index >= 15 is 0 Å². The molecule has 4 heteroatoms. The third-order valence-electron chi connectivity index (χ3n) is 1.96. The molecule has 1 rings (SSSR count). The van der Waals surface area contributed by atoms with Crippen molar-refractivity contribution in [2.45, 2.75) is 12.6 Å². The molecule has 78 valence electrons. The van der Waals surface area contributed by atoms with Crippen LogP contribution in [0.4, 0.5) is 8.78 Å². The summed E-state index contributed by atoms with van der Waals surface area (Å²) in [5.74, 6) is -0.432. The standard InChI is InChI=1S/C10H13F2NO/c1-14-10-3-2-7(6-9(10)12)8(11)4-5-13/h2-3,6,8H,4-5,13H2,1H3. The van der Waals surface area contributed by atoms with Crippen LogP contribution >= 0.6 is 0 Å². The van der Waals surface area contributed by atoms with Gasteiger partial charge in [0.05, 0.1) is 7.11 Å². The fourth-order valence-corrected chi connectivity index (χ4v) is 1.19. The summed E-state index contributed by atoms with van der Waals surface area (Å²) in [7, 11) is 1.37. The van der Waals surface area contributed by atoms with Crippen molar-refractivity contribution in [1.82, 2.24) is 0 Å². The van der Waals surface area contributed by atoms with E-state index in [1.165, 1.54) is 19.2 Å². The van der Waals surface area contributed by atoms with Crippen LogP contribution in [0.25, 0.3) is 0 Å². The summed E-state index contributed by atoms with van der Waals surface area (Å²) in [6, 6.07) is 4.05. The first-order valence-corrected chi connectivity index (χ1v) is 4.36. The van der Waals surface area contributed by atoms with Gasteiger partial charge in [0, 0.05) is 0 Å². The van der Waals surface area contributed by atoms with E-state index in [1.807, 2.05) is 0 Å². The molecule has 2 N–H and O–H groups in total. The van der Waals surface area contributed by atoms with Gasteiger partial charge in [-0.3, -0.25) is 0 Å². The van der Waals surface area contributed by atoms with Gasteiger partial charge in [-0.25, -0.2) is 8.78 Å².